The van der Waals surface area contributed by atoms with Gasteiger partial charge < -0.3 is 22.1 Å². The Morgan fingerprint density at radius 2 is 1.94 bits per heavy atom. The van der Waals surface area contributed by atoms with Crippen molar-refractivity contribution in [2.45, 2.75) is 18.9 Å². The van der Waals surface area contributed by atoms with Crippen molar-refractivity contribution in [3.05, 3.63) is 0 Å². The molecule has 0 saturated carbocycles. The van der Waals surface area contributed by atoms with Gasteiger partial charge in [-0.25, -0.2) is 0 Å². The van der Waals surface area contributed by atoms with Crippen molar-refractivity contribution in [3.8, 4) is 0 Å². The highest BCUT2D eigenvalue weighted by atomic mass is 127. The van der Waals surface area contributed by atoms with Gasteiger partial charge in [0.25, 0.3) is 3.91 Å². The Morgan fingerprint density at radius 3 is 2.38 bits per heavy atom. The second kappa shape index (κ2) is 8.28. The lowest BCUT2D eigenvalue weighted by molar-refractivity contribution is -0.126. The van der Waals surface area contributed by atoms with Crippen LogP contribution in [0.15, 0.2) is 0 Å². The minimum Gasteiger partial charge on any atom is -0.368 e. The van der Waals surface area contributed by atoms with Gasteiger partial charge in [-0.15, -0.1) is 0 Å². The van der Waals surface area contributed by atoms with Crippen LogP contribution >= 0.6 is 22.6 Å². The zero-order chi connectivity index (χ0) is 12.6. The van der Waals surface area contributed by atoms with E-state index in [0.29, 0.717) is 19.4 Å². The summed E-state index contributed by atoms with van der Waals surface area (Å²) < 4.78 is -0.339. The Kier molecular flexibility index (Phi) is 7.81. The highest BCUT2D eigenvalue weighted by Gasteiger charge is 2.19. The highest BCUT2D eigenvalue weighted by molar-refractivity contribution is 14.1. The summed E-state index contributed by atoms with van der Waals surface area (Å²) in [5.74, 6) is -1.07. The Balaban J connectivity index is 4.19. The maximum absolute atomic E-state index is 11.5. The van der Waals surface area contributed by atoms with Gasteiger partial charge in [-0.3, -0.25) is 14.4 Å². The molecule has 0 rings (SSSR count). The second-order valence-corrected chi connectivity index (χ2v) is 4.07. The monoisotopic (exact) mass is 342 g/mol. The molecule has 0 radical (unpaired) electrons. The molecule has 0 saturated heterocycles. The lowest BCUT2D eigenvalue weighted by Gasteiger charge is -2.15. The van der Waals surface area contributed by atoms with Gasteiger partial charge in [0, 0.05) is 22.6 Å². The van der Waals surface area contributed by atoms with Gasteiger partial charge in [0.05, 0.1) is 6.54 Å². The summed E-state index contributed by atoms with van der Waals surface area (Å²) in [6.07, 6.45) is 1.03. The first-order valence-electron chi connectivity index (χ1n) is 4.69. The molecule has 0 aromatic rings. The topological polar surface area (TPSA) is 127 Å². The van der Waals surface area contributed by atoms with E-state index in [0.717, 1.165) is 0 Å². The van der Waals surface area contributed by atoms with Crippen molar-refractivity contribution in [1.82, 2.24) is 10.6 Å². The van der Waals surface area contributed by atoms with E-state index in [1.807, 2.05) is 0 Å². The Bertz CT molecular complexity index is 272. The molecule has 0 aromatic heterocycles. The maximum atomic E-state index is 11.5. The molecular formula is C8H15IN4O3. The summed E-state index contributed by atoms with van der Waals surface area (Å²) >= 11 is 1.53. The van der Waals surface area contributed by atoms with Crippen LogP contribution in [0.2, 0.25) is 0 Å². The number of carbonyl (C=O) groups is 3. The van der Waals surface area contributed by atoms with Gasteiger partial charge in [0.1, 0.15) is 6.04 Å². The lowest BCUT2D eigenvalue weighted by atomic mass is 10.1. The van der Waals surface area contributed by atoms with Gasteiger partial charge in [0.15, 0.2) is 0 Å². The molecule has 8 heteroatoms. The number of primary amides is 1. The third kappa shape index (κ3) is 7.40. The average Bonchev–Trinajstić information content (AvgIpc) is 2.20. The van der Waals surface area contributed by atoms with Crippen molar-refractivity contribution in [2.24, 2.45) is 11.5 Å². The highest BCUT2D eigenvalue weighted by Crippen LogP contribution is 1.99. The molecule has 1 unspecified atom stereocenters. The zero-order valence-electron chi connectivity index (χ0n) is 8.66. The van der Waals surface area contributed by atoms with E-state index in [2.05, 4.69) is 10.6 Å². The van der Waals surface area contributed by atoms with Gasteiger partial charge in [-0.1, -0.05) is 0 Å². The smallest absolute Gasteiger partial charge is 0.281 e. The Morgan fingerprint density at radius 1 is 1.31 bits per heavy atom. The summed E-state index contributed by atoms with van der Waals surface area (Å²) in [7, 11) is 0. The standard InChI is InChI=1S/C8H15IN4O3/c9-8(16)13-5(2-1-3-10)7(15)12-4-6(11)14/h5H,1-4,10H2,(H2,11,14)(H,12,15)(H,13,16). The first-order valence-corrected chi connectivity index (χ1v) is 5.77. The SMILES string of the molecule is NCCCC(NC(=O)I)C(=O)NCC(N)=O. The van der Waals surface area contributed by atoms with Crippen LogP contribution in [0.3, 0.4) is 0 Å². The number of hydrogen-bond donors (Lipinski definition) is 4. The number of amides is 3. The molecule has 0 fully saturated rings. The average molecular weight is 342 g/mol. The van der Waals surface area contributed by atoms with Crippen LogP contribution in [0.4, 0.5) is 4.79 Å². The van der Waals surface area contributed by atoms with Gasteiger partial charge in [-0.2, -0.15) is 0 Å². The van der Waals surface area contributed by atoms with E-state index in [9.17, 15) is 14.4 Å². The minimum atomic E-state index is -0.674. The second-order valence-electron chi connectivity index (χ2n) is 3.09. The molecule has 0 heterocycles. The number of carbonyl (C=O) groups excluding carboxylic acids is 3. The fourth-order valence-electron chi connectivity index (χ4n) is 1.03. The van der Waals surface area contributed by atoms with Crippen LogP contribution in [0, 0.1) is 0 Å². The van der Waals surface area contributed by atoms with Crippen LogP contribution in [0.5, 0.6) is 0 Å². The molecule has 0 aliphatic rings. The summed E-state index contributed by atoms with van der Waals surface area (Å²) in [6, 6.07) is -0.674. The molecular weight excluding hydrogens is 327 g/mol. The van der Waals surface area contributed by atoms with Crippen LogP contribution in [-0.2, 0) is 9.59 Å². The molecule has 0 spiro atoms. The molecule has 0 bridgehead atoms. The van der Waals surface area contributed by atoms with E-state index in [-0.39, 0.29) is 10.5 Å². The summed E-state index contributed by atoms with van der Waals surface area (Å²) in [4.78, 5) is 32.8. The van der Waals surface area contributed by atoms with E-state index in [1.165, 1.54) is 22.6 Å². The molecule has 92 valence electrons. The van der Waals surface area contributed by atoms with E-state index >= 15 is 0 Å². The van der Waals surface area contributed by atoms with E-state index in [4.69, 9.17) is 11.5 Å². The third-order valence-corrected chi connectivity index (χ3v) is 2.05. The summed E-state index contributed by atoms with van der Waals surface area (Å²) in [5, 5.41) is 4.79. The molecule has 3 amide bonds. The first kappa shape index (κ1) is 15.1. The molecule has 7 nitrogen and oxygen atoms in total. The van der Waals surface area contributed by atoms with Crippen molar-refractivity contribution >= 4 is 38.3 Å². The predicted octanol–water partition coefficient (Wildman–Crippen LogP) is -1.16. The summed E-state index contributed by atoms with van der Waals surface area (Å²) in [6.45, 7) is 0.186. The van der Waals surface area contributed by atoms with Crippen LogP contribution in [0.25, 0.3) is 0 Å². The number of nitrogens with one attached hydrogen (secondary N) is 2. The van der Waals surface area contributed by atoms with Crippen LogP contribution in [-0.4, -0.2) is 34.9 Å². The Labute approximate surface area is 107 Å². The zero-order valence-corrected chi connectivity index (χ0v) is 10.8. The molecule has 0 aromatic carbocycles. The molecule has 6 N–H and O–H groups in total. The summed E-state index contributed by atoms with van der Waals surface area (Å²) in [5.41, 5.74) is 10.2. The maximum Gasteiger partial charge on any atom is 0.281 e. The number of nitrogens with two attached hydrogens (primary N) is 2. The number of rotatable bonds is 7. The third-order valence-electron chi connectivity index (χ3n) is 1.74. The number of hydrogen-bond acceptors (Lipinski definition) is 4. The van der Waals surface area contributed by atoms with Crippen molar-refractivity contribution in [2.75, 3.05) is 13.1 Å². The van der Waals surface area contributed by atoms with Gasteiger partial charge >= 0.3 is 0 Å². The van der Waals surface area contributed by atoms with E-state index in [1.54, 1.807) is 0 Å². The van der Waals surface area contributed by atoms with Crippen molar-refractivity contribution in [3.63, 3.8) is 0 Å². The fourth-order valence-corrected chi connectivity index (χ4v) is 1.40. The molecule has 16 heavy (non-hydrogen) atoms. The quantitative estimate of drug-likeness (QED) is 0.264. The van der Waals surface area contributed by atoms with Crippen LogP contribution < -0.4 is 22.1 Å². The molecule has 0 aliphatic carbocycles. The van der Waals surface area contributed by atoms with Crippen LogP contribution in [0.1, 0.15) is 12.8 Å². The van der Waals surface area contributed by atoms with Crippen molar-refractivity contribution < 1.29 is 14.4 Å². The van der Waals surface area contributed by atoms with Crippen molar-refractivity contribution in [1.29, 1.82) is 0 Å². The minimum absolute atomic E-state index is 0.241. The molecule has 0 aliphatic heterocycles. The molecule has 1 atom stereocenters. The van der Waals surface area contributed by atoms with Gasteiger partial charge in [-0.05, 0) is 19.4 Å². The fraction of sp³-hybridized carbons (Fsp3) is 0.625. The largest absolute Gasteiger partial charge is 0.368 e. The predicted molar refractivity (Wildman–Crippen MR) is 66.8 cm³/mol. The normalized spacial score (nSPS) is 11.6. The first-order chi connectivity index (χ1) is 7.47. The van der Waals surface area contributed by atoms with E-state index < -0.39 is 17.9 Å². The number of halogens is 1. The van der Waals surface area contributed by atoms with Gasteiger partial charge in [0.2, 0.25) is 11.8 Å². The lowest BCUT2D eigenvalue weighted by Crippen LogP contribution is -2.47. The Hall–Kier alpha value is -0.900.